The lowest BCUT2D eigenvalue weighted by Crippen LogP contribution is -2.33. The fourth-order valence-electron chi connectivity index (χ4n) is 1.27. The number of rotatable bonds is 0. The van der Waals surface area contributed by atoms with Crippen LogP contribution in [0, 0.1) is 0 Å². The molecule has 1 saturated heterocycles. The zero-order valence-corrected chi connectivity index (χ0v) is 5.97. The molecule has 2 N–H and O–H groups in total. The molecule has 1 fully saturated rings. The first kappa shape index (κ1) is 13.5. The molecule has 70 valence electrons. The Kier molecular flexibility index (Phi) is 9.85. The lowest BCUT2D eigenvalue weighted by Gasteiger charge is -2.18. The predicted octanol–water partition coefficient (Wildman–Crippen LogP) is 2.40. The van der Waals surface area contributed by atoms with Gasteiger partial charge in [0.25, 0.3) is 0 Å². The van der Waals surface area contributed by atoms with E-state index in [1.807, 2.05) is 5.01 Å². The molecule has 0 aromatic heterocycles. The van der Waals surface area contributed by atoms with Crippen molar-refractivity contribution in [2.24, 2.45) is 5.84 Å². The van der Waals surface area contributed by atoms with Gasteiger partial charge in [-0.2, -0.15) is 0 Å². The molecule has 1 heterocycles. The SMILES string of the molecule is C.C.NN1CCCCCCC1. The molecule has 0 spiro atoms. The monoisotopic (exact) mass is 160 g/mol. The summed E-state index contributed by atoms with van der Waals surface area (Å²) in [5, 5.41) is 1.94. The lowest BCUT2D eigenvalue weighted by molar-refractivity contribution is 0.255. The molecule has 11 heavy (non-hydrogen) atoms. The summed E-state index contributed by atoms with van der Waals surface area (Å²) in [6.45, 7) is 2.19. The Morgan fingerprint density at radius 3 is 1.55 bits per heavy atom. The first-order chi connectivity index (χ1) is 4.39. The highest BCUT2D eigenvalue weighted by molar-refractivity contribution is 4.55. The summed E-state index contributed by atoms with van der Waals surface area (Å²) in [6.07, 6.45) is 6.72. The van der Waals surface area contributed by atoms with Gasteiger partial charge >= 0.3 is 0 Å². The van der Waals surface area contributed by atoms with Crippen molar-refractivity contribution in [3.8, 4) is 0 Å². The third-order valence-electron chi connectivity index (χ3n) is 1.89. The van der Waals surface area contributed by atoms with Crippen molar-refractivity contribution in [1.82, 2.24) is 5.01 Å². The van der Waals surface area contributed by atoms with Crippen LogP contribution in [0.2, 0.25) is 0 Å². The molecule has 0 aromatic carbocycles. The van der Waals surface area contributed by atoms with Gasteiger partial charge in [-0.3, -0.25) is 5.84 Å². The molecular formula is C9H24N2. The lowest BCUT2D eigenvalue weighted by atomic mass is 10.1. The smallest absolute Gasteiger partial charge is 0.0128 e. The van der Waals surface area contributed by atoms with E-state index in [2.05, 4.69) is 0 Å². The minimum absolute atomic E-state index is 0. The van der Waals surface area contributed by atoms with Crippen LogP contribution in [0.5, 0.6) is 0 Å². The van der Waals surface area contributed by atoms with Crippen LogP contribution in [0.4, 0.5) is 0 Å². The van der Waals surface area contributed by atoms with Crippen molar-refractivity contribution in [3.63, 3.8) is 0 Å². The van der Waals surface area contributed by atoms with Crippen molar-refractivity contribution in [1.29, 1.82) is 0 Å². The van der Waals surface area contributed by atoms with Gasteiger partial charge in [-0.15, -0.1) is 0 Å². The van der Waals surface area contributed by atoms with E-state index in [4.69, 9.17) is 5.84 Å². The maximum atomic E-state index is 5.64. The number of hydrogen-bond donors (Lipinski definition) is 1. The molecule has 0 radical (unpaired) electrons. The highest BCUT2D eigenvalue weighted by Gasteiger charge is 2.01. The Bertz CT molecular complexity index is 66.0. The van der Waals surface area contributed by atoms with Gasteiger partial charge in [-0.05, 0) is 12.8 Å². The van der Waals surface area contributed by atoms with Crippen molar-refractivity contribution >= 4 is 0 Å². The predicted molar refractivity (Wildman–Crippen MR) is 52.3 cm³/mol. The summed E-state index contributed by atoms with van der Waals surface area (Å²) in [5.41, 5.74) is 0. The molecule has 2 heteroatoms. The number of hydrazine groups is 1. The van der Waals surface area contributed by atoms with Gasteiger partial charge in [0.1, 0.15) is 0 Å². The summed E-state index contributed by atoms with van der Waals surface area (Å²) in [4.78, 5) is 0. The maximum Gasteiger partial charge on any atom is 0.0128 e. The second-order valence-electron chi connectivity index (χ2n) is 2.80. The molecule has 0 atom stereocenters. The Labute approximate surface area is 71.7 Å². The summed E-state index contributed by atoms with van der Waals surface area (Å²) >= 11 is 0. The molecule has 0 aromatic rings. The van der Waals surface area contributed by atoms with Crippen molar-refractivity contribution in [2.75, 3.05) is 13.1 Å². The van der Waals surface area contributed by atoms with E-state index in [9.17, 15) is 0 Å². The molecule has 1 rings (SSSR count). The van der Waals surface area contributed by atoms with Crippen LogP contribution in [0.25, 0.3) is 0 Å². The standard InChI is InChI=1S/C7H16N2.2CH4/c8-9-6-4-2-1-3-5-7-9;;/h1-8H2;2*1H4. The number of nitrogens with zero attached hydrogens (tertiary/aromatic N) is 1. The fraction of sp³-hybridized carbons (Fsp3) is 1.00. The summed E-state index contributed by atoms with van der Waals surface area (Å²) in [5.74, 6) is 5.64. The fourth-order valence-corrected chi connectivity index (χ4v) is 1.27. The van der Waals surface area contributed by atoms with E-state index >= 15 is 0 Å². The quantitative estimate of drug-likeness (QED) is 0.551. The van der Waals surface area contributed by atoms with Gasteiger partial charge in [0.2, 0.25) is 0 Å². The van der Waals surface area contributed by atoms with Crippen molar-refractivity contribution in [2.45, 2.75) is 47.0 Å². The van der Waals surface area contributed by atoms with Crippen LogP contribution in [-0.4, -0.2) is 18.1 Å². The molecule has 2 nitrogen and oxygen atoms in total. The first-order valence-corrected chi connectivity index (χ1v) is 3.89. The van der Waals surface area contributed by atoms with Crippen LogP contribution in [0.3, 0.4) is 0 Å². The van der Waals surface area contributed by atoms with Gasteiger partial charge < -0.3 is 0 Å². The average molecular weight is 160 g/mol. The molecule has 0 saturated carbocycles. The second kappa shape index (κ2) is 8.02. The maximum absolute atomic E-state index is 5.64. The zero-order chi connectivity index (χ0) is 6.53. The van der Waals surface area contributed by atoms with E-state index in [0.717, 1.165) is 13.1 Å². The summed E-state index contributed by atoms with van der Waals surface area (Å²) < 4.78 is 0. The molecule has 0 amide bonds. The number of nitrogens with two attached hydrogens (primary N) is 1. The topological polar surface area (TPSA) is 29.3 Å². The van der Waals surface area contributed by atoms with Crippen LogP contribution in [0.15, 0.2) is 0 Å². The molecule has 1 aliphatic rings. The minimum atomic E-state index is 0. The largest absolute Gasteiger partial charge is 0.269 e. The average Bonchev–Trinajstić information content (AvgIpc) is 1.79. The van der Waals surface area contributed by atoms with Crippen molar-refractivity contribution < 1.29 is 0 Å². The summed E-state index contributed by atoms with van der Waals surface area (Å²) in [7, 11) is 0. The highest BCUT2D eigenvalue weighted by Crippen LogP contribution is 2.07. The molecule has 1 aliphatic heterocycles. The van der Waals surface area contributed by atoms with Crippen LogP contribution >= 0.6 is 0 Å². The molecular weight excluding hydrogens is 136 g/mol. The number of hydrogen-bond acceptors (Lipinski definition) is 2. The van der Waals surface area contributed by atoms with E-state index in [1.54, 1.807) is 0 Å². The Hall–Kier alpha value is -0.0800. The molecule has 0 bridgehead atoms. The first-order valence-electron chi connectivity index (χ1n) is 3.89. The van der Waals surface area contributed by atoms with Gasteiger partial charge in [0.15, 0.2) is 0 Å². The Balaban J connectivity index is 0. The van der Waals surface area contributed by atoms with E-state index in [0.29, 0.717) is 0 Å². The minimum Gasteiger partial charge on any atom is -0.269 e. The van der Waals surface area contributed by atoms with Crippen LogP contribution in [0.1, 0.15) is 47.0 Å². The third-order valence-corrected chi connectivity index (χ3v) is 1.89. The highest BCUT2D eigenvalue weighted by atomic mass is 15.4. The van der Waals surface area contributed by atoms with Gasteiger partial charge in [-0.25, -0.2) is 5.01 Å². The Morgan fingerprint density at radius 2 is 1.09 bits per heavy atom. The van der Waals surface area contributed by atoms with E-state index < -0.39 is 0 Å². The second-order valence-corrected chi connectivity index (χ2v) is 2.80. The zero-order valence-electron chi connectivity index (χ0n) is 5.97. The van der Waals surface area contributed by atoms with E-state index in [-0.39, 0.29) is 14.9 Å². The molecule has 0 unspecified atom stereocenters. The summed E-state index contributed by atoms with van der Waals surface area (Å²) in [6, 6.07) is 0. The molecule has 0 aliphatic carbocycles. The van der Waals surface area contributed by atoms with Gasteiger partial charge in [0, 0.05) is 13.1 Å². The van der Waals surface area contributed by atoms with Gasteiger partial charge in [-0.1, -0.05) is 34.1 Å². The van der Waals surface area contributed by atoms with Gasteiger partial charge in [0.05, 0.1) is 0 Å². The normalized spacial score (nSPS) is 20.5. The van der Waals surface area contributed by atoms with Crippen LogP contribution in [-0.2, 0) is 0 Å². The van der Waals surface area contributed by atoms with E-state index in [1.165, 1.54) is 32.1 Å². The van der Waals surface area contributed by atoms with Crippen LogP contribution < -0.4 is 5.84 Å². The van der Waals surface area contributed by atoms with Crippen molar-refractivity contribution in [3.05, 3.63) is 0 Å². The third kappa shape index (κ3) is 6.32. The Morgan fingerprint density at radius 1 is 0.727 bits per heavy atom.